The lowest BCUT2D eigenvalue weighted by Crippen LogP contribution is -2.17. The summed E-state index contributed by atoms with van der Waals surface area (Å²) in [5, 5.41) is 12.0. The van der Waals surface area contributed by atoms with Crippen LogP contribution in [0.2, 0.25) is 0 Å². The van der Waals surface area contributed by atoms with Gasteiger partial charge in [0.15, 0.2) is 0 Å². The van der Waals surface area contributed by atoms with Gasteiger partial charge in [0, 0.05) is 11.4 Å². The minimum Gasteiger partial charge on any atom is -0.497 e. The first-order valence-corrected chi connectivity index (χ1v) is 11.1. The summed E-state index contributed by atoms with van der Waals surface area (Å²) >= 11 is 0. The van der Waals surface area contributed by atoms with E-state index in [0.717, 1.165) is 0 Å². The molecule has 1 amide bonds. The number of sulfonamides is 1. The monoisotopic (exact) mass is 447 g/mol. The summed E-state index contributed by atoms with van der Waals surface area (Å²) in [6.07, 6.45) is 1.46. The second kappa shape index (κ2) is 9.81. The molecule has 2 N–H and O–H groups in total. The summed E-state index contributed by atoms with van der Waals surface area (Å²) in [6, 6.07) is 21.8. The molecular weight excluding hydrogens is 426 g/mol. The Hall–Kier alpha value is -4.09. The fraction of sp³-hybridized carbons (Fsp3) is 0.0833. The predicted octanol–water partition coefficient (Wildman–Crippen LogP) is 4.35. The van der Waals surface area contributed by atoms with E-state index in [9.17, 15) is 18.5 Å². The normalized spacial score (nSPS) is 11.3. The van der Waals surface area contributed by atoms with E-state index in [4.69, 9.17) is 4.74 Å². The highest BCUT2D eigenvalue weighted by molar-refractivity contribution is 7.92. The van der Waals surface area contributed by atoms with Gasteiger partial charge in [-0.15, -0.1) is 0 Å². The van der Waals surface area contributed by atoms with Crippen molar-refractivity contribution < 1.29 is 17.9 Å². The fourth-order valence-corrected chi connectivity index (χ4v) is 4.23. The van der Waals surface area contributed by atoms with Crippen LogP contribution in [0.3, 0.4) is 0 Å². The Balaban J connectivity index is 1.83. The maximum Gasteiger partial charge on any atom is 0.266 e. The van der Waals surface area contributed by atoms with E-state index in [1.165, 1.54) is 19.3 Å². The number of aryl methyl sites for hydroxylation is 1. The number of ether oxygens (including phenoxy) is 1. The van der Waals surface area contributed by atoms with Gasteiger partial charge in [0.25, 0.3) is 15.9 Å². The summed E-state index contributed by atoms with van der Waals surface area (Å²) in [4.78, 5) is 12.6. The van der Waals surface area contributed by atoms with Crippen molar-refractivity contribution in [2.45, 2.75) is 11.8 Å². The number of carbonyl (C=O) groups excluding carboxylic acids is 1. The molecule has 0 aliphatic carbocycles. The Kier molecular flexibility index (Phi) is 6.93. The molecule has 0 saturated heterocycles. The number of benzene rings is 3. The molecule has 0 aliphatic rings. The molecule has 0 saturated carbocycles. The van der Waals surface area contributed by atoms with Crippen LogP contribution in [0.1, 0.15) is 11.1 Å². The van der Waals surface area contributed by atoms with Crippen molar-refractivity contribution >= 4 is 33.4 Å². The summed E-state index contributed by atoms with van der Waals surface area (Å²) in [5.74, 6) is -0.0302. The van der Waals surface area contributed by atoms with Crippen molar-refractivity contribution in [3.8, 4) is 11.8 Å². The Morgan fingerprint density at radius 1 is 1.00 bits per heavy atom. The number of nitrogens with zero attached hydrogens (tertiary/aromatic N) is 1. The molecule has 0 spiro atoms. The molecule has 3 rings (SSSR count). The third-order valence-electron chi connectivity index (χ3n) is 4.55. The van der Waals surface area contributed by atoms with Gasteiger partial charge in [0.05, 0.1) is 12.0 Å². The molecule has 0 unspecified atom stereocenters. The summed E-state index contributed by atoms with van der Waals surface area (Å²) in [5.41, 5.74) is 1.74. The highest BCUT2D eigenvalue weighted by atomic mass is 32.2. The number of amides is 1. The maximum atomic E-state index is 12.9. The van der Waals surface area contributed by atoms with Crippen molar-refractivity contribution in [2.24, 2.45) is 0 Å². The Morgan fingerprint density at radius 3 is 2.28 bits per heavy atom. The summed E-state index contributed by atoms with van der Waals surface area (Å²) in [6.45, 7) is 1.66. The number of hydrogen-bond acceptors (Lipinski definition) is 5. The molecular formula is C24H21N3O4S. The highest BCUT2D eigenvalue weighted by Crippen LogP contribution is 2.24. The first-order valence-electron chi connectivity index (χ1n) is 9.58. The number of nitrogens with one attached hydrogen (secondary N) is 2. The van der Waals surface area contributed by atoms with Gasteiger partial charge < -0.3 is 10.1 Å². The van der Waals surface area contributed by atoms with Crippen LogP contribution in [0, 0.1) is 18.3 Å². The molecule has 162 valence electrons. The topological polar surface area (TPSA) is 108 Å². The third-order valence-corrected chi connectivity index (χ3v) is 6.08. The summed E-state index contributed by atoms with van der Waals surface area (Å²) in [7, 11) is -2.40. The van der Waals surface area contributed by atoms with Gasteiger partial charge in [0.1, 0.15) is 17.4 Å². The van der Waals surface area contributed by atoms with E-state index in [0.29, 0.717) is 22.6 Å². The van der Waals surface area contributed by atoms with Crippen molar-refractivity contribution in [1.29, 1.82) is 5.26 Å². The standard InChI is InChI=1S/C24H21N3O4S/c1-17-8-9-21(26-24(28)19(16-25)14-18-6-4-3-5-7-18)15-23(17)32(29,30)27-20-10-12-22(31-2)13-11-20/h3-15,27H,1-2H3,(H,26,28)/b19-14+. The molecule has 0 aromatic heterocycles. The van der Waals surface area contributed by atoms with E-state index in [1.54, 1.807) is 67.6 Å². The largest absolute Gasteiger partial charge is 0.497 e. The molecule has 8 heteroatoms. The second-order valence-electron chi connectivity index (χ2n) is 6.85. The Morgan fingerprint density at radius 2 is 1.66 bits per heavy atom. The van der Waals surface area contributed by atoms with Crippen LogP contribution in [0.15, 0.2) is 83.3 Å². The molecule has 0 bridgehead atoms. The van der Waals surface area contributed by atoms with Crippen molar-refractivity contribution in [3.05, 3.63) is 89.5 Å². The molecule has 0 atom stereocenters. The lowest BCUT2D eigenvalue weighted by molar-refractivity contribution is -0.112. The number of nitriles is 1. The van der Waals surface area contributed by atoms with Crippen molar-refractivity contribution in [3.63, 3.8) is 0 Å². The average molecular weight is 448 g/mol. The van der Waals surface area contributed by atoms with Gasteiger partial charge in [-0.2, -0.15) is 5.26 Å². The molecule has 32 heavy (non-hydrogen) atoms. The minimum absolute atomic E-state index is 0.0108. The molecule has 0 heterocycles. The van der Waals surface area contributed by atoms with Crippen LogP contribution in [-0.4, -0.2) is 21.4 Å². The number of anilines is 2. The molecule has 3 aromatic rings. The van der Waals surface area contributed by atoms with Crippen molar-refractivity contribution in [1.82, 2.24) is 0 Å². The molecule has 7 nitrogen and oxygen atoms in total. The van der Waals surface area contributed by atoms with E-state index in [-0.39, 0.29) is 16.2 Å². The first kappa shape index (κ1) is 22.6. The van der Waals surface area contributed by atoms with Crippen LogP contribution < -0.4 is 14.8 Å². The van der Waals surface area contributed by atoms with Gasteiger partial charge in [-0.3, -0.25) is 9.52 Å². The quantitative estimate of drug-likeness (QED) is 0.413. The zero-order chi connectivity index (χ0) is 23.1. The van der Waals surface area contributed by atoms with Gasteiger partial charge >= 0.3 is 0 Å². The average Bonchev–Trinajstić information content (AvgIpc) is 2.79. The zero-order valence-electron chi connectivity index (χ0n) is 17.5. The van der Waals surface area contributed by atoms with Crippen LogP contribution >= 0.6 is 0 Å². The lowest BCUT2D eigenvalue weighted by Gasteiger charge is -2.13. The first-order chi connectivity index (χ1) is 15.3. The van der Waals surface area contributed by atoms with Gasteiger partial charge in [0.2, 0.25) is 0 Å². The van der Waals surface area contributed by atoms with E-state index in [1.807, 2.05) is 12.1 Å². The van der Waals surface area contributed by atoms with E-state index < -0.39 is 15.9 Å². The molecule has 0 aliphatic heterocycles. The van der Waals surface area contributed by atoms with Crippen LogP contribution in [-0.2, 0) is 14.8 Å². The molecule has 0 radical (unpaired) electrons. The highest BCUT2D eigenvalue weighted by Gasteiger charge is 2.19. The van der Waals surface area contributed by atoms with Crippen LogP contribution in [0.5, 0.6) is 5.75 Å². The van der Waals surface area contributed by atoms with Gasteiger partial charge in [-0.05, 0) is 60.5 Å². The Labute approximate surface area is 187 Å². The van der Waals surface area contributed by atoms with Gasteiger partial charge in [-0.1, -0.05) is 36.4 Å². The van der Waals surface area contributed by atoms with Gasteiger partial charge in [-0.25, -0.2) is 8.42 Å². The maximum absolute atomic E-state index is 12.9. The lowest BCUT2D eigenvalue weighted by atomic mass is 10.1. The number of rotatable bonds is 7. The summed E-state index contributed by atoms with van der Waals surface area (Å²) < 4.78 is 33.4. The number of carbonyl (C=O) groups is 1. The number of hydrogen-bond donors (Lipinski definition) is 2. The second-order valence-corrected chi connectivity index (χ2v) is 8.50. The predicted molar refractivity (Wildman–Crippen MR) is 124 cm³/mol. The third kappa shape index (κ3) is 5.53. The van der Waals surface area contributed by atoms with Crippen molar-refractivity contribution in [2.75, 3.05) is 17.1 Å². The smallest absolute Gasteiger partial charge is 0.266 e. The molecule has 0 fully saturated rings. The number of methoxy groups -OCH3 is 1. The molecule has 3 aromatic carbocycles. The fourth-order valence-electron chi connectivity index (χ4n) is 2.90. The Bertz CT molecular complexity index is 1290. The van der Waals surface area contributed by atoms with E-state index >= 15 is 0 Å². The minimum atomic E-state index is -3.92. The van der Waals surface area contributed by atoms with Crippen LogP contribution in [0.25, 0.3) is 6.08 Å². The van der Waals surface area contributed by atoms with E-state index in [2.05, 4.69) is 10.0 Å². The zero-order valence-corrected chi connectivity index (χ0v) is 18.3. The SMILES string of the molecule is COc1ccc(NS(=O)(=O)c2cc(NC(=O)/C(C#N)=C/c3ccccc3)ccc2C)cc1. The van der Waals surface area contributed by atoms with Crippen LogP contribution in [0.4, 0.5) is 11.4 Å².